The Morgan fingerprint density at radius 1 is 0.868 bits per heavy atom. The van der Waals surface area contributed by atoms with E-state index in [0.29, 0.717) is 27.8 Å². The summed E-state index contributed by atoms with van der Waals surface area (Å²) in [5, 5.41) is 4.05. The van der Waals surface area contributed by atoms with Crippen molar-refractivity contribution in [2.45, 2.75) is 16.3 Å². The summed E-state index contributed by atoms with van der Waals surface area (Å²) in [7, 11) is 4.83. The van der Waals surface area contributed by atoms with E-state index in [4.69, 9.17) is 27.9 Å². The van der Waals surface area contributed by atoms with Crippen LogP contribution in [0, 0.1) is 0 Å². The molecule has 38 heavy (non-hydrogen) atoms. The maximum Gasteiger partial charge on any atom is 0.354 e. The lowest BCUT2D eigenvalue weighted by atomic mass is 10.1. The third-order valence-electron chi connectivity index (χ3n) is 6.35. The highest BCUT2D eigenvalue weighted by molar-refractivity contribution is 7.99. The molecule has 0 aliphatic heterocycles. The first-order valence-corrected chi connectivity index (χ1v) is 13.4. The zero-order valence-corrected chi connectivity index (χ0v) is 23.3. The molecule has 0 bridgehead atoms. The maximum atomic E-state index is 12.9. The summed E-state index contributed by atoms with van der Waals surface area (Å²) in [6.07, 6.45) is 0. The van der Waals surface area contributed by atoms with Crippen molar-refractivity contribution in [3.05, 3.63) is 106 Å². The first kappa shape index (κ1) is 26.2. The van der Waals surface area contributed by atoms with E-state index in [1.807, 2.05) is 59.2 Å². The van der Waals surface area contributed by atoms with Crippen LogP contribution in [0.3, 0.4) is 0 Å². The smallest absolute Gasteiger partial charge is 0.354 e. The van der Waals surface area contributed by atoms with Crippen LogP contribution in [-0.4, -0.2) is 42.5 Å². The van der Waals surface area contributed by atoms with Gasteiger partial charge in [-0.3, -0.25) is 4.79 Å². The number of ether oxygens (including phenoxy) is 1. The Balaban J connectivity index is 1.66. The molecule has 0 N–H and O–H groups in total. The molecule has 5 nitrogen and oxygen atoms in total. The lowest BCUT2D eigenvalue weighted by Gasteiger charge is -2.14. The summed E-state index contributed by atoms with van der Waals surface area (Å²) < 4.78 is 7.11. The number of rotatable bonds is 6. The first-order chi connectivity index (χ1) is 18.3. The largest absolute Gasteiger partial charge is 0.464 e. The van der Waals surface area contributed by atoms with Crippen LogP contribution in [0.5, 0.6) is 0 Å². The van der Waals surface area contributed by atoms with Crippen LogP contribution in [0.25, 0.3) is 21.7 Å². The molecule has 0 aliphatic rings. The summed E-state index contributed by atoms with van der Waals surface area (Å²) in [4.78, 5) is 28.7. The van der Waals surface area contributed by atoms with Crippen LogP contribution in [0.4, 0.5) is 0 Å². The van der Waals surface area contributed by atoms with Gasteiger partial charge in [-0.05, 0) is 58.8 Å². The number of aromatic nitrogens is 1. The summed E-state index contributed by atoms with van der Waals surface area (Å²) in [6, 6.07) is 25.1. The average Bonchev–Trinajstić information content (AvgIpc) is 3.28. The average molecular weight is 564 g/mol. The van der Waals surface area contributed by atoms with Gasteiger partial charge >= 0.3 is 5.97 Å². The molecule has 0 unspecified atom stereocenters. The molecule has 8 heteroatoms. The van der Waals surface area contributed by atoms with Crippen molar-refractivity contribution in [3.63, 3.8) is 0 Å². The van der Waals surface area contributed by atoms with E-state index >= 15 is 0 Å². The van der Waals surface area contributed by atoms with E-state index in [1.54, 1.807) is 36.8 Å². The molecular weight excluding hydrogens is 539 g/mol. The van der Waals surface area contributed by atoms with Gasteiger partial charge in [0.15, 0.2) is 0 Å². The number of halogens is 2. The number of nitrogens with zero attached hydrogens (tertiary/aromatic N) is 2. The van der Waals surface area contributed by atoms with E-state index in [1.165, 1.54) is 7.11 Å². The molecule has 0 fully saturated rings. The third-order valence-corrected chi connectivity index (χ3v) is 8.14. The summed E-state index contributed by atoms with van der Waals surface area (Å²) in [5.74, 6) is -0.475. The number of benzene rings is 4. The van der Waals surface area contributed by atoms with Gasteiger partial charge in [-0.1, -0.05) is 71.4 Å². The summed E-state index contributed by atoms with van der Waals surface area (Å²) >= 11 is 14.0. The molecule has 0 saturated carbocycles. The van der Waals surface area contributed by atoms with E-state index < -0.39 is 5.97 Å². The fraction of sp³-hybridized carbons (Fsp3) is 0.133. The van der Waals surface area contributed by atoms with Gasteiger partial charge < -0.3 is 14.2 Å². The lowest BCUT2D eigenvalue weighted by Crippen LogP contribution is -2.21. The van der Waals surface area contributed by atoms with Gasteiger partial charge in [0.2, 0.25) is 0 Å². The minimum absolute atomic E-state index is 0.0614. The van der Waals surface area contributed by atoms with E-state index in [2.05, 4.69) is 18.2 Å². The van der Waals surface area contributed by atoms with Crippen LogP contribution < -0.4 is 0 Å². The van der Waals surface area contributed by atoms with Crippen molar-refractivity contribution >= 4 is 68.5 Å². The number of hydrogen-bond acceptors (Lipinski definition) is 4. The molecule has 0 saturated heterocycles. The quantitative estimate of drug-likeness (QED) is 0.198. The highest BCUT2D eigenvalue weighted by Gasteiger charge is 2.20. The number of esters is 1. The Bertz CT molecular complexity index is 1690. The van der Waals surface area contributed by atoms with Crippen LogP contribution in [-0.2, 0) is 11.3 Å². The van der Waals surface area contributed by atoms with Crippen LogP contribution in [0.15, 0.2) is 88.7 Å². The van der Waals surface area contributed by atoms with Crippen molar-refractivity contribution in [2.24, 2.45) is 0 Å². The molecule has 0 spiro atoms. The molecule has 0 aliphatic carbocycles. The van der Waals surface area contributed by atoms with Gasteiger partial charge in [0, 0.05) is 41.4 Å². The number of fused-ring (bicyclic) bond motifs is 3. The Kier molecular flexibility index (Phi) is 7.39. The summed E-state index contributed by atoms with van der Waals surface area (Å²) in [6.45, 7) is 0.430. The Labute approximate surface area is 234 Å². The Morgan fingerprint density at radius 2 is 1.58 bits per heavy atom. The first-order valence-electron chi connectivity index (χ1n) is 11.8. The summed E-state index contributed by atoms with van der Waals surface area (Å²) in [5.41, 5.74) is 2.92. The third kappa shape index (κ3) is 4.99. The SMILES string of the molecule is COC(=O)c1cc2c3ccccc3c(Sc3ccc(Cl)c(Cl)c3)cc2n1Cc1ccc(C(=O)N(C)C)cc1. The van der Waals surface area contributed by atoms with E-state index in [-0.39, 0.29) is 5.91 Å². The predicted octanol–water partition coefficient (Wildman–Crippen LogP) is 7.79. The van der Waals surface area contributed by atoms with E-state index in [0.717, 1.165) is 37.0 Å². The minimum atomic E-state index is -0.414. The molecule has 5 rings (SSSR count). The van der Waals surface area contributed by atoms with Gasteiger partial charge in [-0.25, -0.2) is 4.79 Å². The molecular formula is C30H24Cl2N2O3S. The van der Waals surface area contributed by atoms with Gasteiger partial charge in [0.25, 0.3) is 5.91 Å². The Hall–Kier alpha value is -3.45. The Morgan fingerprint density at radius 3 is 2.24 bits per heavy atom. The molecule has 0 atom stereocenters. The second-order valence-corrected chi connectivity index (χ2v) is 11.0. The zero-order valence-electron chi connectivity index (χ0n) is 21.0. The maximum absolute atomic E-state index is 12.9. The normalized spacial score (nSPS) is 11.2. The molecule has 4 aromatic carbocycles. The highest BCUT2D eigenvalue weighted by Crippen LogP contribution is 2.40. The van der Waals surface area contributed by atoms with Crippen LogP contribution in [0.2, 0.25) is 10.0 Å². The monoisotopic (exact) mass is 562 g/mol. The molecule has 1 heterocycles. The van der Waals surface area contributed by atoms with Gasteiger partial charge in [0.1, 0.15) is 5.69 Å². The van der Waals surface area contributed by atoms with Crippen molar-refractivity contribution in [3.8, 4) is 0 Å². The highest BCUT2D eigenvalue weighted by atomic mass is 35.5. The number of amides is 1. The second kappa shape index (κ2) is 10.7. The molecule has 5 aromatic rings. The molecule has 0 radical (unpaired) electrons. The fourth-order valence-corrected chi connectivity index (χ4v) is 5.85. The van der Waals surface area contributed by atoms with Crippen molar-refractivity contribution < 1.29 is 14.3 Å². The number of methoxy groups -OCH3 is 1. The second-order valence-electron chi connectivity index (χ2n) is 9.03. The van der Waals surface area contributed by atoms with Gasteiger partial charge in [-0.2, -0.15) is 0 Å². The van der Waals surface area contributed by atoms with Crippen LogP contribution >= 0.6 is 35.0 Å². The molecule has 1 aromatic heterocycles. The standard InChI is InChI=1S/C30H24Cl2N2O3S/c1-33(2)29(35)19-10-8-18(9-11-19)17-34-26-16-28(38-20-12-13-24(31)25(32)14-20)22-7-5-4-6-21(22)23(26)15-27(34)30(36)37-3/h4-16H,17H2,1-3H3. The topological polar surface area (TPSA) is 51.5 Å². The molecule has 1 amide bonds. The van der Waals surface area contributed by atoms with Crippen molar-refractivity contribution in [1.82, 2.24) is 9.47 Å². The number of hydrogen-bond donors (Lipinski definition) is 0. The molecule has 192 valence electrons. The van der Waals surface area contributed by atoms with Gasteiger partial charge in [-0.15, -0.1) is 0 Å². The predicted molar refractivity (Wildman–Crippen MR) is 155 cm³/mol. The fourth-order valence-electron chi connectivity index (χ4n) is 4.46. The lowest BCUT2D eigenvalue weighted by molar-refractivity contribution is 0.0589. The number of carbonyl (C=O) groups is 2. The van der Waals surface area contributed by atoms with E-state index in [9.17, 15) is 9.59 Å². The van der Waals surface area contributed by atoms with Crippen LogP contribution in [0.1, 0.15) is 26.4 Å². The van der Waals surface area contributed by atoms with Gasteiger partial charge in [0.05, 0.1) is 22.7 Å². The zero-order chi connectivity index (χ0) is 27.0. The van der Waals surface area contributed by atoms with Crippen molar-refractivity contribution in [2.75, 3.05) is 21.2 Å². The van der Waals surface area contributed by atoms with Crippen molar-refractivity contribution in [1.29, 1.82) is 0 Å². The number of carbonyl (C=O) groups excluding carboxylic acids is 2. The minimum Gasteiger partial charge on any atom is -0.464 e.